The van der Waals surface area contributed by atoms with E-state index < -0.39 is 6.10 Å². The Hall–Kier alpha value is -2.37. The molecule has 1 saturated heterocycles. The molecule has 2 N–H and O–H groups in total. The summed E-state index contributed by atoms with van der Waals surface area (Å²) in [7, 11) is 1.63. The second-order valence-electron chi connectivity index (χ2n) is 7.22. The highest BCUT2D eigenvalue weighted by atomic mass is 16.5. The van der Waals surface area contributed by atoms with Crippen LogP contribution < -0.4 is 10.1 Å². The quantitative estimate of drug-likeness (QED) is 0.823. The van der Waals surface area contributed by atoms with Crippen molar-refractivity contribution in [2.75, 3.05) is 26.7 Å². The molecule has 1 fully saturated rings. The molecule has 0 spiro atoms. The number of likely N-dealkylation sites (tertiary alicyclic amines) is 1. The van der Waals surface area contributed by atoms with Crippen molar-refractivity contribution in [1.82, 2.24) is 10.2 Å². The largest absolute Gasteiger partial charge is 0.497 e. The second-order valence-corrected chi connectivity index (χ2v) is 7.22. The molecule has 5 heteroatoms. The van der Waals surface area contributed by atoms with Crippen molar-refractivity contribution in [3.63, 3.8) is 0 Å². The predicted octanol–water partition coefficient (Wildman–Crippen LogP) is 2.86. The molecule has 0 aromatic heterocycles. The van der Waals surface area contributed by atoms with Gasteiger partial charge in [0.15, 0.2) is 0 Å². The summed E-state index contributed by atoms with van der Waals surface area (Å²) in [5.41, 5.74) is 1.68. The number of carbonyl (C=O) groups is 1. The third-order valence-electron chi connectivity index (χ3n) is 5.36. The number of rotatable bonds is 6. The Bertz CT molecular complexity index is 755. The lowest BCUT2D eigenvalue weighted by Crippen LogP contribution is -2.53. The summed E-state index contributed by atoms with van der Waals surface area (Å²) in [5, 5.41) is 13.8. The number of carbonyl (C=O) groups excluding carboxylic acids is 1. The lowest BCUT2D eigenvalue weighted by atomic mass is 9.80. The molecule has 2 aromatic rings. The van der Waals surface area contributed by atoms with E-state index in [1.54, 1.807) is 14.0 Å². The molecule has 1 atom stereocenters. The normalized spacial score (nSPS) is 17.9. The van der Waals surface area contributed by atoms with Gasteiger partial charge in [0, 0.05) is 26.6 Å². The van der Waals surface area contributed by atoms with Gasteiger partial charge >= 0.3 is 0 Å². The number of methoxy groups -OCH3 is 1. The molecule has 1 aliphatic rings. The summed E-state index contributed by atoms with van der Waals surface area (Å²) in [5.74, 6) is 0.739. The van der Waals surface area contributed by atoms with Crippen molar-refractivity contribution < 1.29 is 14.6 Å². The summed E-state index contributed by atoms with van der Waals surface area (Å²) in [6.07, 6.45) is 1.08. The van der Waals surface area contributed by atoms with E-state index in [4.69, 9.17) is 4.74 Å². The fourth-order valence-corrected chi connectivity index (χ4v) is 3.90. The zero-order valence-corrected chi connectivity index (χ0v) is 16.0. The molecule has 1 heterocycles. The molecule has 27 heavy (non-hydrogen) atoms. The van der Waals surface area contributed by atoms with Crippen molar-refractivity contribution in [2.24, 2.45) is 0 Å². The predicted molar refractivity (Wildman–Crippen MR) is 106 cm³/mol. The Labute approximate surface area is 161 Å². The van der Waals surface area contributed by atoms with Crippen LogP contribution in [0.2, 0.25) is 0 Å². The molecule has 0 saturated carbocycles. The summed E-state index contributed by atoms with van der Waals surface area (Å²) < 4.78 is 5.24. The van der Waals surface area contributed by atoms with E-state index in [0.717, 1.165) is 42.8 Å². The van der Waals surface area contributed by atoms with Crippen LogP contribution in [0.4, 0.5) is 0 Å². The molecule has 5 nitrogen and oxygen atoms in total. The minimum Gasteiger partial charge on any atom is -0.497 e. The molecule has 0 unspecified atom stereocenters. The average Bonchev–Trinajstić information content (AvgIpc) is 2.70. The molecular weight excluding hydrogens is 340 g/mol. The molecule has 3 rings (SSSR count). The van der Waals surface area contributed by atoms with Gasteiger partial charge in [0.2, 0.25) is 5.91 Å². The fourth-order valence-electron chi connectivity index (χ4n) is 3.90. The molecule has 2 aromatic carbocycles. The molecule has 0 aliphatic carbocycles. The zero-order valence-electron chi connectivity index (χ0n) is 16.0. The molecule has 144 valence electrons. The van der Waals surface area contributed by atoms with Gasteiger partial charge in [-0.15, -0.1) is 0 Å². The summed E-state index contributed by atoms with van der Waals surface area (Å²) in [4.78, 5) is 14.1. The highest BCUT2D eigenvalue weighted by Gasteiger charge is 2.37. The maximum Gasteiger partial charge on any atom is 0.217 e. The highest BCUT2D eigenvalue weighted by molar-refractivity contribution is 5.74. The maximum atomic E-state index is 11.8. The first-order valence-corrected chi connectivity index (χ1v) is 9.41. The molecule has 0 bridgehead atoms. The van der Waals surface area contributed by atoms with Gasteiger partial charge < -0.3 is 20.1 Å². The van der Waals surface area contributed by atoms with Crippen LogP contribution in [-0.4, -0.2) is 42.7 Å². The van der Waals surface area contributed by atoms with Crippen LogP contribution in [-0.2, 0) is 10.3 Å². The van der Waals surface area contributed by atoms with Crippen LogP contribution in [0.3, 0.4) is 0 Å². The second kappa shape index (κ2) is 8.55. The maximum absolute atomic E-state index is 11.8. The number of aliphatic hydroxyl groups is 1. The van der Waals surface area contributed by atoms with Crippen molar-refractivity contribution >= 4 is 5.91 Å². The van der Waals surface area contributed by atoms with Gasteiger partial charge in [-0.25, -0.2) is 0 Å². The number of piperidine rings is 1. The van der Waals surface area contributed by atoms with Crippen LogP contribution in [0.15, 0.2) is 54.6 Å². The fraction of sp³-hybridized carbons (Fsp3) is 0.409. The Balaban J connectivity index is 1.66. The van der Waals surface area contributed by atoms with Gasteiger partial charge in [-0.3, -0.25) is 4.79 Å². The number of aliphatic hydroxyl groups excluding tert-OH is 1. The van der Waals surface area contributed by atoms with Crippen molar-refractivity contribution in [3.8, 4) is 5.75 Å². The summed E-state index contributed by atoms with van der Waals surface area (Å²) in [6, 6.07) is 17.7. The highest BCUT2D eigenvalue weighted by Crippen LogP contribution is 2.33. The van der Waals surface area contributed by atoms with Crippen LogP contribution in [0, 0.1) is 0 Å². The first kappa shape index (κ1) is 19.4. The van der Waals surface area contributed by atoms with E-state index in [1.807, 2.05) is 42.5 Å². The lowest BCUT2D eigenvalue weighted by molar-refractivity contribution is -0.121. The minimum atomic E-state index is -0.565. The Morgan fingerprint density at radius 1 is 1.19 bits per heavy atom. The Kier molecular flexibility index (Phi) is 6.14. The minimum absolute atomic E-state index is 0.0104. The first-order chi connectivity index (χ1) is 13.0. The van der Waals surface area contributed by atoms with Gasteiger partial charge in [-0.1, -0.05) is 42.5 Å². The van der Waals surface area contributed by atoms with Gasteiger partial charge in [-0.05, 0) is 36.1 Å². The Morgan fingerprint density at radius 2 is 1.89 bits per heavy atom. The Morgan fingerprint density at radius 3 is 2.52 bits per heavy atom. The van der Waals surface area contributed by atoms with Crippen LogP contribution in [0.1, 0.15) is 37.0 Å². The zero-order chi connectivity index (χ0) is 19.3. The standard InChI is InChI=1S/C22H28N2O3/c1-17(25)23-22(19-8-4-3-5-9-19)11-13-24(14-12-22)16-21(26)18-7-6-10-20(15-18)27-2/h3-10,15,21,26H,11-14,16H2,1-2H3,(H,23,25)/t21-/m1/s1. The van der Waals surface area contributed by atoms with Gasteiger partial charge in [0.05, 0.1) is 18.8 Å². The van der Waals surface area contributed by atoms with E-state index in [2.05, 4.69) is 22.3 Å². The number of hydrogen-bond donors (Lipinski definition) is 2. The number of nitrogens with zero attached hydrogens (tertiary/aromatic N) is 1. The average molecular weight is 368 g/mol. The van der Waals surface area contributed by atoms with Crippen molar-refractivity contribution in [1.29, 1.82) is 0 Å². The van der Waals surface area contributed by atoms with E-state index in [9.17, 15) is 9.90 Å². The van der Waals surface area contributed by atoms with Gasteiger partial charge in [0.1, 0.15) is 5.75 Å². The summed E-state index contributed by atoms with van der Waals surface area (Å²) >= 11 is 0. The number of ether oxygens (including phenoxy) is 1. The summed E-state index contributed by atoms with van der Waals surface area (Å²) in [6.45, 7) is 3.77. The third kappa shape index (κ3) is 4.67. The van der Waals surface area contributed by atoms with Crippen molar-refractivity contribution in [3.05, 3.63) is 65.7 Å². The molecular formula is C22H28N2O3. The van der Waals surface area contributed by atoms with Crippen LogP contribution in [0.5, 0.6) is 5.75 Å². The number of β-amino-alcohol motifs (C(OH)–C–C–N with tert-alkyl or cyclic N) is 1. The number of hydrogen-bond acceptors (Lipinski definition) is 4. The van der Waals surface area contributed by atoms with E-state index in [0.29, 0.717) is 6.54 Å². The molecule has 0 radical (unpaired) electrons. The van der Waals surface area contributed by atoms with E-state index >= 15 is 0 Å². The lowest BCUT2D eigenvalue weighted by Gasteiger charge is -2.43. The van der Waals surface area contributed by atoms with Gasteiger partial charge in [0.25, 0.3) is 0 Å². The van der Waals surface area contributed by atoms with Crippen LogP contribution in [0.25, 0.3) is 0 Å². The van der Waals surface area contributed by atoms with E-state index in [-0.39, 0.29) is 11.4 Å². The van der Waals surface area contributed by atoms with Crippen LogP contribution >= 0.6 is 0 Å². The smallest absolute Gasteiger partial charge is 0.217 e. The monoisotopic (exact) mass is 368 g/mol. The first-order valence-electron chi connectivity index (χ1n) is 9.41. The van der Waals surface area contributed by atoms with Crippen molar-refractivity contribution in [2.45, 2.75) is 31.4 Å². The third-order valence-corrected chi connectivity index (χ3v) is 5.36. The van der Waals surface area contributed by atoms with E-state index in [1.165, 1.54) is 0 Å². The molecule has 1 amide bonds. The number of nitrogens with one attached hydrogen (secondary N) is 1. The SMILES string of the molecule is COc1cccc([C@H](O)CN2CCC(NC(C)=O)(c3ccccc3)CC2)c1. The molecule has 1 aliphatic heterocycles. The topological polar surface area (TPSA) is 61.8 Å². The van der Waals surface area contributed by atoms with Gasteiger partial charge in [-0.2, -0.15) is 0 Å². The number of amides is 1. The number of benzene rings is 2.